The zero-order chi connectivity index (χ0) is 24.4. The molecule has 0 spiro atoms. The van der Waals surface area contributed by atoms with Gasteiger partial charge in [-0.15, -0.1) is 0 Å². The van der Waals surface area contributed by atoms with Gasteiger partial charge in [-0.1, -0.05) is 43.1 Å². The molecule has 2 aromatic rings. The van der Waals surface area contributed by atoms with Crippen molar-refractivity contribution in [2.75, 3.05) is 13.2 Å². The van der Waals surface area contributed by atoms with Crippen LogP contribution >= 0.6 is 51.3 Å². The van der Waals surface area contributed by atoms with Crippen LogP contribution in [0.2, 0.25) is 10.0 Å². The summed E-state index contributed by atoms with van der Waals surface area (Å²) in [5, 5.41) is 3.36. The van der Waals surface area contributed by atoms with Gasteiger partial charge in [0.1, 0.15) is 11.5 Å². The van der Waals surface area contributed by atoms with Crippen molar-refractivity contribution in [3.05, 3.63) is 56.5 Å². The van der Waals surface area contributed by atoms with Gasteiger partial charge in [-0.05, 0) is 76.4 Å². The number of carbonyl (C=O) groups is 2. The third-order valence-electron chi connectivity index (χ3n) is 4.25. The van der Waals surface area contributed by atoms with Crippen molar-refractivity contribution >= 4 is 68.3 Å². The molecule has 0 atom stereocenters. The van der Waals surface area contributed by atoms with Gasteiger partial charge >= 0.3 is 0 Å². The summed E-state index contributed by atoms with van der Waals surface area (Å²) in [6, 6.07) is 10.6. The lowest BCUT2D eigenvalue weighted by Crippen LogP contribution is -2.49. The molecule has 0 unspecified atom stereocenters. The number of hydrazine groups is 1. The fraction of sp³-hybridized carbons (Fsp3) is 0.318. The predicted octanol–water partition coefficient (Wildman–Crippen LogP) is 5.14. The van der Waals surface area contributed by atoms with Crippen LogP contribution < -0.4 is 25.6 Å². The number of amides is 2. The first-order valence-corrected chi connectivity index (χ1v) is 12.0. The monoisotopic (exact) mass is 575 g/mol. The van der Waals surface area contributed by atoms with E-state index in [-0.39, 0.29) is 30.7 Å². The molecule has 0 heterocycles. The van der Waals surface area contributed by atoms with Crippen molar-refractivity contribution in [3.63, 3.8) is 0 Å². The van der Waals surface area contributed by atoms with E-state index in [1.165, 1.54) is 0 Å². The van der Waals surface area contributed by atoms with Crippen LogP contribution in [0.1, 0.15) is 38.2 Å². The van der Waals surface area contributed by atoms with Crippen LogP contribution in [0.5, 0.6) is 11.5 Å². The molecule has 2 rings (SSSR count). The molecule has 0 bridgehead atoms. The first kappa shape index (κ1) is 27.2. The van der Waals surface area contributed by atoms with Gasteiger partial charge in [0.2, 0.25) is 5.91 Å². The maximum Gasteiger partial charge on any atom is 0.276 e. The number of ether oxygens (including phenoxy) is 2. The van der Waals surface area contributed by atoms with E-state index in [4.69, 9.17) is 44.9 Å². The lowest BCUT2D eigenvalue weighted by atomic mass is 10.0. The summed E-state index contributed by atoms with van der Waals surface area (Å²) < 4.78 is 11.8. The number of thiocarbonyl (C=S) groups is 1. The largest absolute Gasteiger partial charge is 0.492 e. The lowest BCUT2D eigenvalue weighted by Gasteiger charge is -2.13. The Morgan fingerprint density at radius 2 is 1.76 bits per heavy atom. The molecule has 0 saturated carbocycles. The molecule has 178 valence electrons. The number of carbonyl (C=O) groups excluding carboxylic acids is 2. The molecule has 33 heavy (non-hydrogen) atoms. The standard InChI is InChI=1S/C22H24BrCl2N3O4S/c1-13(2)14-5-7-18(16(23)10-14)32-12-21(30)27-28-22(33)26-20(29)4-3-9-31-19-8-6-15(24)11-17(19)25/h5-8,10-11,13H,3-4,9,12H2,1-2H3,(H,27,30)(H2,26,28,29,33). The summed E-state index contributed by atoms with van der Waals surface area (Å²) in [4.78, 5) is 23.9. The summed E-state index contributed by atoms with van der Waals surface area (Å²) >= 11 is 20.3. The molecule has 0 fully saturated rings. The van der Waals surface area contributed by atoms with Gasteiger partial charge in [0.05, 0.1) is 16.1 Å². The fourth-order valence-corrected chi connectivity index (χ4v) is 3.67. The Hall–Kier alpha value is -2.07. The smallest absolute Gasteiger partial charge is 0.276 e. The minimum absolute atomic E-state index is 0.0301. The first-order valence-electron chi connectivity index (χ1n) is 10.0. The quantitative estimate of drug-likeness (QED) is 0.218. The highest BCUT2D eigenvalue weighted by Gasteiger charge is 2.10. The summed E-state index contributed by atoms with van der Waals surface area (Å²) in [5.74, 6) is 0.644. The highest BCUT2D eigenvalue weighted by atomic mass is 79.9. The third-order valence-corrected chi connectivity index (χ3v) is 5.60. The van der Waals surface area contributed by atoms with Gasteiger partial charge < -0.3 is 14.8 Å². The third kappa shape index (κ3) is 9.75. The fourth-order valence-electron chi connectivity index (χ4n) is 2.53. The molecule has 2 amide bonds. The van der Waals surface area contributed by atoms with Crippen LogP contribution in [0.3, 0.4) is 0 Å². The van der Waals surface area contributed by atoms with Gasteiger partial charge in [-0.3, -0.25) is 20.4 Å². The predicted molar refractivity (Wildman–Crippen MR) is 137 cm³/mol. The van der Waals surface area contributed by atoms with Gasteiger partial charge in [0.25, 0.3) is 5.91 Å². The van der Waals surface area contributed by atoms with Crippen LogP contribution in [-0.4, -0.2) is 30.1 Å². The second kappa shape index (κ2) is 13.6. The molecule has 0 aliphatic heterocycles. The van der Waals surface area contributed by atoms with Gasteiger partial charge in [0, 0.05) is 11.4 Å². The highest BCUT2D eigenvalue weighted by molar-refractivity contribution is 9.10. The number of nitrogens with one attached hydrogen (secondary N) is 3. The topological polar surface area (TPSA) is 88.7 Å². The van der Waals surface area contributed by atoms with Crippen molar-refractivity contribution < 1.29 is 19.1 Å². The molecule has 0 aliphatic carbocycles. The maximum absolute atomic E-state index is 12.0. The Morgan fingerprint density at radius 1 is 1.03 bits per heavy atom. The summed E-state index contributed by atoms with van der Waals surface area (Å²) in [7, 11) is 0. The van der Waals surface area contributed by atoms with E-state index in [2.05, 4.69) is 45.9 Å². The number of benzene rings is 2. The number of hydrogen-bond donors (Lipinski definition) is 3. The average molecular weight is 577 g/mol. The maximum atomic E-state index is 12.0. The minimum atomic E-state index is -0.459. The molecule has 0 radical (unpaired) electrons. The molecule has 2 aromatic carbocycles. The highest BCUT2D eigenvalue weighted by Crippen LogP contribution is 2.29. The molecule has 7 nitrogen and oxygen atoms in total. The van der Waals surface area contributed by atoms with E-state index in [1.54, 1.807) is 24.3 Å². The van der Waals surface area contributed by atoms with Gasteiger partial charge in [-0.25, -0.2) is 0 Å². The minimum Gasteiger partial charge on any atom is -0.492 e. The van der Waals surface area contributed by atoms with Crippen molar-refractivity contribution in [1.82, 2.24) is 16.2 Å². The first-order chi connectivity index (χ1) is 15.7. The van der Waals surface area contributed by atoms with Crippen LogP contribution in [-0.2, 0) is 9.59 Å². The summed E-state index contributed by atoms with van der Waals surface area (Å²) in [5.41, 5.74) is 5.99. The van der Waals surface area contributed by atoms with Crippen LogP contribution in [0.4, 0.5) is 0 Å². The van der Waals surface area contributed by atoms with E-state index in [0.717, 1.165) is 10.0 Å². The second-order valence-corrected chi connectivity index (χ2v) is 9.32. The van der Waals surface area contributed by atoms with Crippen LogP contribution in [0, 0.1) is 0 Å². The van der Waals surface area contributed by atoms with Crippen LogP contribution in [0.15, 0.2) is 40.9 Å². The Morgan fingerprint density at radius 3 is 2.42 bits per heavy atom. The van der Waals surface area contributed by atoms with E-state index in [0.29, 0.717) is 33.9 Å². The molecular weight excluding hydrogens is 553 g/mol. The summed E-state index contributed by atoms with van der Waals surface area (Å²) in [6.45, 7) is 4.24. The Balaban J connectivity index is 1.62. The molecule has 0 saturated heterocycles. The lowest BCUT2D eigenvalue weighted by molar-refractivity contribution is -0.124. The molecule has 11 heteroatoms. The Kier molecular flexibility index (Phi) is 11.2. The zero-order valence-corrected chi connectivity index (χ0v) is 22.0. The average Bonchev–Trinajstić information content (AvgIpc) is 2.75. The van der Waals surface area contributed by atoms with E-state index in [1.807, 2.05) is 12.1 Å². The van der Waals surface area contributed by atoms with E-state index >= 15 is 0 Å². The SMILES string of the molecule is CC(C)c1ccc(OCC(=O)NNC(=S)NC(=O)CCCOc2ccc(Cl)cc2Cl)c(Br)c1. The number of halogens is 3. The summed E-state index contributed by atoms with van der Waals surface area (Å²) in [6.07, 6.45) is 0.614. The van der Waals surface area contributed by atoms with Crippen molar-refractivity contribution in [2.24, 2.45) is 0 Å². The number of hydrogen-bond acceptors (Lipinski definition) is 5. The number of rotatable bonds is 9. The van der Waals surface area contributed by atoms with Crippen molar-refractivity contribution in [3.8, 4) is 11.5 Å². The zero-order valence-electron chi connectivity index (χ0n) is 18.0. The van der Waals surface area contributed by atoms with Crippen LogP contribution in [0.25, 0.3) is 0 Å². The van der Waals surface area contributed by atoms with E-state index < -0.39 is 5.91 Å². The Labute approximate surface area is 216 Å². The molecule has 0 aromatic heterocycles. The molecule has 0 aliphatic rings. The van der Waals surface area contributed by atoms with Crippen molar-refractivity contribution in [1.29, 1.82) is 0 Å². The van der Waals surface area contributed by atoms with Gasteiger partial charge in [0.15, 0.2) is 11.7 Å². The normalized spacial score (nSPS) is 10.5. The van der Waals surface area contributed by atoms with E-state index in [9.17, 15) is 9.59 Å². The Bertz CT molecular complexity index is 1010. The second-order valence-electron chi connectivity index (χ2n) is 7.21. The molecular formula is C22H24BrCl2N3O4S. The molecule has 3 N–H and O–H groups in total. The van der Waals surface area contributed by atoms with Crippen molar-refractivity contribution in [2.45, 2.75) is 32.6 Å². The van der Waals surface area contributed by atoms with Gasteiger partial charge in [-0.2, -0.15) is 0 Å².